The molecule has 1 fully saturated rings. The normalized spacial score (nSPS) is 17.2. The maximum atomic E-state index is 4.69. The summed E-state index contributed by atoms with van der Waals surface area (Å²) in [6, 6.07) is 17.4. The van der Waals surface area contributed by atoms with Crippen LogP contribution < -0.4 is 5.32 Å². The Kier molecular flexibility index (Phi) is 5.99. The van der Waals surface area contributed by atoms with E-state index >= 15 is 0 Å². The maximum absolute atomic E-state index is 4.69. The fraction of sp³-hybridized carbons (Fsp3) is 0.364. The Balaban J connectivity index is 1.42. The van der Waals surface area contributed by atoms with Crippen molar-refractivity contribution in [3.05, 3.63) is 70.8 Å². The second-order valence-electron chi connectivity index (χ2n) is 6.75. The molecule has 1 saturated heterocycles. The molecule has 0 unspecified atom stereocenters. The van der Waals surface area contributed by atoms with E-state index in [-0.39, 0.29) is 0 Å². The lowest BCUT2D eigenvalue weighted by Crippen LogP contribution is -2.21. The molecule has 130 valence electrons. The number of hydrogen-bond acceptors (Lipinski definition) is 2. The lowest BCUT2D eigenvalue weighted by molar-refractivity contribution is 0.951. The van der Waals surface area contributed by atoms with Crippen molar-refractivity contribution in [2.75, 3.05) is 13.1 Å². The standard InChI is InChI=1S/C22H27N3/c1-17-3-7-19(8-4-17)13-15-23-21-11-12-22(25-21)24-16-14-20-9-5-18(2)6-10-20/h3-10H,11-16H2,1-2H3,(H,23,24,25). The van der Waals surface area contributed by atoms with Crippen molar-refractivity contribution in [3.8, 4) is 0 Å². The molecule has 3 rings (SSSR count). The van der Waals surface area contributed by atoms with Crippen LogP contribution in [0.25, 0.3) is 0 Å². The zero-order valence-electron chi connectivity index (χ0n) is 15.3. The Morgan fingerprint density at radius 2 is 1.08 bits per heavy atom. The number of nitrogens with one attached hydrogen (secondary N) is 1. The first-order chi connectivity index (χ1) is 12.2. The van der Waals surface area contributed by atoms with Gasteiger partial charge in [0.05, 0.1) is 0 Å². The summed E-state index contributed by atoms with van der Waals surface area (Å²) in [4.78, 5) is 9.38. The van der Waals surface area contributed by atoms with Gasteiger partial charge in [0.15, 0.2) is 0 Å². The minimum Gasteiger partial charge on any atom is -0.333 e. The van der Waals surface area contributed by atoms with Crippen molar-refractivity contribution in [2.45, 2.75) is 39.5 Å². The molecule has 25 heavy (non-hydrogen) atoms. The van der Waals surface area contributed by atoms with E-state index in [0.717, 1.165) is 50.4 Å². The van der Waals surface area contributed by atoms with Crippen LogP contribution in [0.2, 0.25) is 0 Å². The van der Waals surface area contributed by atoms with Gasteiger partial charge < -0.3 is 5.32 Å². The van der Waals surface area contributed by atoms with E-state index in [4.69, 9.17) is 9.98 Å². The molecule has 3 nitrogen and oxygen atoms in total. The Labute approximate surface area is 150 Å². The minimum atomic E-state index is 0.835. The number of amidine groups is 2. The highest BCUT2D eigenvalue weighted by molar-refractivity contribution is 6.07. The van der Waals surface area contributed by atoms with Gasteiger partial charge in [-0.2, -0.15) is 0 Å². The zero-order chi connectivity index (χ0) is 17.5. The average molecular weight is 333 g/mol. The van der Waals surface area contributed by atoms with Crippen molar-refractivity contribution in [1.82, 2.24) is 5.32 Å². The van der Waals surface area contributed by atoms with Gasteiger partial charge in [-0.3, -0.25) is 9.98 Å². The monoisotopic (exact) mass is 333 g/mol. The summed E-state index contributed by atoms with van der Waals surface area (Å²) >= 11 is 0. The summed E-state index contributed by atoms with van der Waals surface area (Å²) in [6.07, 6.45) is 3.95. The van der Waals surface area contributed by atoms with Crippen LogP contribution in [-0.2, 0) is 12.8 Å². The van der Waals surface area contributed by atoms with Gasteiger partial charge in [-0.15, -0.1) is 0 Å². The van der Waals surface area contributed by atoms with Crippen molar-refractivity contribution in [3.63, 3.8) is 0 Å². The Morgan fingerprint density at radius 3 is 1.48 bits per heavy atom. The molecular weight excluding hydrogens is 306 g/mol. The molecule has 2 aromatic carbocycles. The van der Waals surface area contributed by atoms with E-state index in [1.807, 2.05) is 0 Å². The highest BCUT2D eigenvalue weighted by atomic mass is 15.1. The summed E-state index contributed by atoms with van der Waals surface area (Å²) in [7, 11) is 0. The first-order valence-electron chi connectivity index (χ1n) is 9.14. The lowest BCUT2D eigenvalue weighted by atomic mass is 10.1. The zero-order valence-corrected chi connectivity index (χ0v) is 15.3. The SMILES string of the molecule is Cc1ccc(CCN=C2CCC(=NCCc3ccc(C)cc3)N2)cc1. The van der Waals surface area contributed by atoms with E-state index < -0.39 is 0 Å². The minimum absolute atomic E-state index is 0.835. The molecule has 0 amide bonds. The van der Waals surface area contributed by atoms with Gasteiger partial charge >= 0.3 is 0 Å². The summed E-state index contributed by atoms with van der Waals surface area (Å²) in [6.45, 7) is 5.91. The number of nitrogens with zero attached hydrogens (tertiary/aromatic N) is 2. The molecule has 1 aliphatic heterocycles. The third-order valence-corrected chi connectivity index (χ3v) is 4.53. The molecule has 0 atom stereocenters. The Bertz CT molecular complexity index is 674. The van der Waals surface area contributed by atoms with Gasteiger partial charge in [-0.05, 0) is 37.8 Å². The second kappa shape index (κ2) is 8.61. The molecule has 1 aliphatic rings. The molecule has 3 heteroatoms. The molecular formula is C22H27N3. The smallest absolute Gasteiger partial charge is 0.102 e. The first-order valence-corrected chi connectivity index (χ1v) is 9.14. The Hall–Kier alpha value is -2.42. The summed E-state index contributed by atoms with van der Waals surface area (Å²) in [5.41, 5.74) is 5.30. The lowest BCUT2D eigenvalue weighted by Gasteiger charge is -2.02. The molecule has 2 aromatic rings. The first kappa shape index (κ1) is 17.4. The predicted molar refractivity (Wildman–Crippen MR) is 107 cm³/mol. The molecule has 1 heterocycles. The molecule has 0 aromatic heterocycles. The van der Waals surface area contributed by atoms with Gasteiger partial charge in [0, 0.05) is 25.9 Å². The average Bonchev–Trinajstić information content (AvgIpc) is 3.06. The van der Waals surface area contributed by atoms with Gasteiger partial charge in [0.2, 0.25) is 0 Å². The number of benzene rings is 2. The van der Waals surface area contributed by atoms with Crippen LogP contribution in [0, 0.1) is 13.8 Å². The van der Waals surface area contributed by atoms with Gasteiger partial charge in [-0.25, -0.2) is 0 Å². The van der Waals surface area contributed by atoms with Gasteiger partial charge in [0.25, 0.3) is 0 Å². The molecule has 0 saturated carbocycles. The van der Waals surface area contributed by atoms with Gasteiger partial charge in [-0.1, -0.05) is 59.7 Å². The number of aliphatic imine (C=N–C) groups is 2. The van der Waals surface area contributed by atoms with E-state index in [1.165, 1.54) is 22.3 Å². The summed E-state index contributed by atoms with van der Waals surface area (Å²) < 4.78 is 0. The number of rotatable bonds is 6. The van der Waals surface area contributed by atoms with Crippen LogP contribution in [0.5, 0.6) is 0 Å². The summed E-state index contributed by atoms with van der Waals surface area (Å²) in [5.74, 6) is 2.17. The van der Waals surface area contributed by atoms with E-state index in [9.17, 15) is 0 Å². The highest BCUT2D eigenvalue weighted by Gasteiger charge is 2.13. The predicted octanol–water partition coefficient (Wildman–Crippen LogP) is 4.27. The topological polar surface area (TPSA) is 36.8 Å². The van der Waals surface area contributed by atoms with Crippen molar-refractivity contribution in [1.29, 1.82) is 0 Å². The van der Waals surface area contributed by atoms with Crippen LogP contribution in [0.1, 0.15) is 35.1 Å². The van der Waals surface area contributed by atoms with E-state index in [1.54, 1.807) is 0 Å². The molecule has 1 N–H and O–H groups in total. The van der Waals surface area contributed by atoms with E-state index in [0.29, 0.717) is 0 Å². The van der Waals surface area contributed by atoms with E-state index in [2.05, 4.69) is 67.7 Å². The third kappa shape index (κ3) is 5.56. The highest BCUT2D eigenvalue weighted by Crippen LogP contribution is 2.08. The van der Waals surface area contributed by atoms with Crippen LogP contribution in [0.4, 0.5) is 0 Å². The molecule has 0 bridgehead atoms. The van der Waals surface area contributed by atoms with Crippen molar-refractivity contribution in [2.24, 2.45) is 9.98 Å². The second-order valence-corrected chi connectivity index (χ2v) is 6.75. The largest absolute Gasteiger partial charge is 0.333 e. The number of hydrogen-bond donors (Lipinski definition) is 1. The van der Waals surface area contributed by atoms with Crippen LogP contribution in [0.15, 0.2) is 58.5 Å². The Morgan fingerprint density at radius 1 is 0.680 bits per heavy atom. The van der Waals surface area contributed by atoms with Gasteiger partial charge in [0.1, 0.15) is 11.7 Å². The van der Waals surface area contributed by atoms with Crippen LogP contribution in [-0.4, -0.2) is 24.8 Å². The van der Waals surface area contributed by atoms with Crippen molar-refractivity contribution >= 4 is 11.7 Å². The molecule has 0 radical (unpaired) electrons. The number of aryl methyl sites for hydroxylation is 2. The van der Waals surface area contributed by atoms with Crippen LogP contribution >= 0.6 is 0 Å². The third-order valence-electron chi connectivity index (χ3n) is 4.53. The van der Waals surface area contributed by atoms with Crippen molar-refractivity contribution < 1.29 is 0 Å². The fourth-order valence-corrected chi connectivity index (χ4v) is 2.91. The quantitative estimate of drug-likeness (QED) is 0.842. The van der Waals surface area contributed by atoms with Crippen LogP contribution in [0.3, 0.4) is 0 Å². The molecule has 0 spiro atoms. The maximum Gasteiger partial charge on any atom is 0.102 e. The fourth-order valence-electron chi connectivity index (χ4n) is 2.91. The summed E-state index contributed by atoms with van der Waals surface area (Å²) in [5, 5.41) is 3.38. The molecule has 0 aliphatic carbocycles.